The Morgan fingerprint density at radius 3 is 2.68 bits per heavy atom. The van der Waals surface area contributed by atoms with Gasteiger partial charge in [0.15, 0.2) is 0 Å². The normalized spacial score (nSPS) is 17.7. The summed E-state index contributed by atoms with van der Waals surface area (Å²) in [5, 5.41) is 0. The minimum absolute atomic E-state index is 0. The Hall–Kier alpha value is -1.26. The van der Waals surface area contributed by atoms with Crippen LogP contribution in [0.25, 0.3) is 0 Å². The highest BCUT2D eigenvalue weighted by Gasteiger charge is 2.24. The summed E-state index contributed by atoms with van der Waals surface area (Å²) < 4.78 is 5.42. The first-order valence-corrected chi connectivity index (χ1v) is 7.96. The number of piperidine rings is 1. The number of benzene rings is 1. The van der Waals surface area contributed by atoms with Crippen molar-refractivity contribution in [1.29, 1.82) is 0 Å². The maximum atomic E-state index is 12.4. The van der Waals surface area contributed by atoms with Gasteiger partial charge in [-0.3, -0.25) is 4.79 Å². The van der Waals surface area contributed by atoms with Gasteiger partial charge in [0.1, 0.15) is 5.75 Å². The van der Waals surface area contributed by atoms with Crippen LogP contribution >= 0.6 is 12.4 Å². The van der Waals surface area contributed by atoms with Crippen molar-refractivity contribution in [3.8, 4) is 5.75 Å². The molecule has 0 aliphatic carbocycles. The van der Waals surface area contributed by atoms with Gasteiger partial charge >= 0.3 is 0 Å². The molecule has 2 N–H and O–H groups in total. The summed E-state index contributed by atoms with van der Waals surface area (Å²) in [4.78, 5) is 14.3. The number of halogens is 1. The van der Waals surface area contributed by atoms with E-state index in [1.54, 1.807) is 0 Å². The fraction of sp³-hybridized carbons (Fsp3) is 0.588. The summed E-state index contributed by atoms with van der Waals surface area (Å²) in [6.07, 6.45) is 4.67. The molecule has 1 amide bonds. The predicted octanol–water partition coefficient (Wildman–Crippen LogP) is 2.78. The van der Waals surface area contributed by atoms with Crippen molar-refractivity contribution >= 4 is 18.3 Å². The molecule has 0 aromatic heterocycles. The lowest BCUT2D eigenvalue weighted by Crippen LogP contribution is -2.47. The zero-order valence-electron chi connectivity index (χ0n) is 13.3. The minimum atomic E-state index is 0. The first kappa shape index (κ1) is 18.8. The maximum Gasteiger partial charge on any atom is 0.223 e. The number of ether oxygens (including phenoxy) is 1. The zero-order chi connectivity index (χ0) is 15.1. The van der Waals surface area contributed by atoms with E-state index in [9.17, 15) is 4.79 Å². The second-order valence-electron chi connectivity index (χ2n) is 5.55. The van der Waals surface area contributed by atoms with E-state index < -0.39 is 0 Å². The van der Waals surface area contributed by atoms with E-state index in [-0.39, 0.29) is 24.4 Å². The van der Waals surface area contributed by atoms with Crippen molar-refractivity contribution in [1.82, 2.24) is 4.90 Å². The number of likely N-dealkylation sites (tertiary alicyclic amines) is 1. The van der Waals surface area contributed by atoms with Crippen LogP contribution < -0.4 is 10.5 Å². The van der Waals surface area contributed by atoms with Crippen LogP contribution in [0.4, 0.5) is 0 Å². The first-order valence-electron chi connectivity index (χ1n) is 7.96. The van der Waals surface area contributed by atoms with Crippen molar-refractivity contribution < 1.29 is 9.53 Å². The van der Waals surface area contributed by atoms with E-state index in [2.05, 4.69) is 0 Å². The largest absolute Gasteiger partial charge is 0.494 e. The third kappa shape index (κ3) is 5.18. The summed E-state index contributed by atoms with van der Waals surface area (Å²) in [6, 6.07) is 8.25. The van der Waals surface area contributed by atoms with Crippen LogP contribution in [0.5, 0.6) is 5.75 Å². The van der Waals surface area contributed by atoms with Crippen LogP contribution in [0, 0.1) is 0 Å². The van der Waals surface area contributed by atoms with Gasteiger partial charge < -0.3 is 15.4 Å². The molecule has 0 spiro atoms. The Labute approximate surface area is 139 Å². The summed E-state index contributed by atoms with van der Waals surface area (Å²) in [5.41, 5.74) is 6.95. The smallest absolute Gasteiger partial charge is 0.223 e. The number of hydrogen-bond acceptors (Lipinski definition) is 3. The van der Waals surface area contributed by atoms with Gasteiger partial charge in [-0.25, -0.2) is 0 Å². The van der Waals surface area contributed by atoms with Crippen molar-refractivity contribution in [2.45, 2.75) is 45.1 Å². The molecule has 1 saturated heterocycles. The molecule has 4 nitrogen and oxygen atoms in total. The molecule has 1 aromatic carbocycles. The van der Waals surface area contributed by atoms with E-state index in [0.717, 1.165) is 31.6 Å². The zero-order valence-corrected chi connectivity index (χ0v) is 14.1. The number of carbonyl (C=O) groups is 1. The Kier molecular flexibility index (Phi) is 8.28. The quantitative estimate of drug-likeness (QED) is 0.874. The van der Waals surface area contributed by atoms with E-state index >= 15 is 0 Å². The number of amides is 1. The van der Waals surface area contributed by atoms with Gasteiger partial charge in [-0.15, -0.1) is 12.4 Å². The van der Waals surface area contributed by atoms with Crippen LogP contribution in [0.2, 0.25) is 0 Å². The van der Waals surface area contributed by atoms with Crippen LogP contribution in [-0.2, 0) is 11.2 Å². The maximum absolute atomic E-state index is 12.4. The summed E-state index contributed by atoms with van der Waals surface area (Å²) in [7, 11) is 0. The molecule has 1 aliphatic heterocycles. The SMILES string of the molecule is CCOc1ccc(CCC(=O)N2CCCCC2CN)cc1.Cl. The molecule has 1 aromatic rings. The third-order valence-corrected chi connectivity index (χ3v) is 4.08. The van der Waals surface area contributed by atoms with Gasteiger partial charge in [0.25, 0.3) is 0 Å². The highest BCUT2D eigenvalue weighted by Crippen LogP contribution is 2.18. The van der Waals surface area contributed by atoms with Gasteiger partial charge in [-0.05, 0) is 50.3 Å². The number of rotatable bonds is 6. The van der Waals surface area contributed by atoms with Crippen molar-refractivity contribution in [3.63, 3.8) is 0 Å². The topological polar surface area (TPSA) is 55.6 Å². The summed E-state index contributed by atoms with van der Waals surface area (Å²) in [5.74, 6) is 1.12. The van der Waals surface area contributed by atoms with Gasteiger partial charge in [-0.1, -0.05) is 12.1 Å². The van der Waals surface area contributed by atoms with Crippen molar-refractivity contribution in [2.75, 3.05) is 19.7 Å². The van der Waals surface area contributed by atoms with E-state index in [0.29, 0.717) is 19.6 Å². The molecule has 1 aliphatic rings. The molecular formula is C17H27ClN2O2. The molecule has 2 rings (SSSR count). The summed E-state index contributed by atoms with van der Waals surface area (Å²) >= 11 is 0. The second-order valence-corrected chi connectivity index (χ2v) is 5.55. The Bertz CT molecular complexity index is 450. The fourth-order valence-electron chi connectivity index (χ4n) is 2.89. The molecule has 1 atom stereocenters. The standard InChI is InChI=1S/C17H26N2O2.ClH/c1-2-21-16-9-6-14(7-10-16)8-11-17(20)19-12-4-3-5-15(19)13-18;/h6-7,9-10,15H,2-5,8,11-13,18H2,1H3;1H. The van der Waals surface area contributed by atoms with Crippen LogP contribution in [0.1, 0.15) is 38.2 Å². The van der Waals surface area contributed by atoms with Crippen LogP contribution in [0.15, 0.2) is 24.3 Å². The second kappa shape index (κ2) is 9.70. The fourth-order valence-corrected chi connectivity index (χ4v) is 2.89. The van der Waals surface area contributed by atoms with E-state index in [1.807, 2.05) is 36.1 Å². The highest BCUT2D eigenvalue weighted by molar-refractivity contribution is 5.85. The highest BCUT2D eigenvalue weighted by atomic mass is 35.5. The van der Waals surface area contributed by atoms with Crippen molar-refractivity contribution in [2.24, 2.45) is 5.73 Å². The lowest BCUT2D eigenvalue weighted by Gasteiger charge is -2.35. The van der Waals surface area contributed by atoms with Gasteiger partial charge in [0.2, 0.25) is 5.91 Å². The van der Waals surface area contributed by atoms with Gasteiger partial charge in [0.05, 0.1) is 6.61 Å². The van der Waals surface area contributed by atoms with Crippen LogP contribution in [0.3, 0.4) is 0 Å². The summed E-state index contributed by atoms with van der Waals surface area (Å²) in [6.45, 7) is 4.09. The molecule has 1 heterocycles. The molecule has 0 bridgehead atoms. The molecule has 22 heavy (non-hydrogen) atoms. The Balaban J connectivity index is 0.00000242. The van der Waals surface area contributed by atoms with E-state index in [4.69, 9.17) is 10.5 Å². The molecule has 5 heteroatoms. The predicted molar refractivity (Wildman–Crippen MR) is 91.6 cm³/mol. The average molecular weight is 327 g/mol. The number of aryl methyl sites for hydroxylation is 1. The lowest BCUT2D eigenvalue weighted by molar-refractivity contribution is -0.134. The molecule has 0 radical (unpaired) electrons. The number of nitrogens with two attached hydrogens (primary N) is 1. The Morgan fingerprint density at radius 1 is 1.32 bits per heavy atom. The number of carbonyl (C=O) groups excluding carboxylic acids is 1. The Morgan fingerprint density at radius 2 is 2.05 bits per heavy atom. The van der Waals surface area contributed by atoms with Crippen LogP contribution in [-0.4, -0.2) is 36.5 Å². The van der Waals surface area contributed by atoms with Crippen molar-refractivity contribution in [3.05, 3.63) is 29.8 Å². The first-order chi connectivity index (χ1) is 10.2. The van der Waals surface area contributed by atoms with Gasteiger partial charge in [-0.2, -0.15) is 0 Å². The average Bonchev–Trinajstić information content (AvgIpc) is 2.54. The van der Waals surface area contributed by atoms with E-state index in [1.165, 1.54) is 12.0 Å². The molecule has 1 fully saturated rings. The monoisotopic (exact) mass is 326 g/mol. The number of nitrogens with zero attached hydrogens (tertiary/aromatic N) is 1. The number of hydrogen-bond donors (Lipinski definition) is 1. The molecular weight excluding hydrogens is 300 g/mol. The minimum Gasteiger partial charge on any atom is -0.494 e. The molecule has 124 valence electrons. The lowest BCUT2D eigenvalue weighted by atomic mass is 10.0. The molecule has 0 saturated carbocycles. The van der Waals surface area contributed by atoms with Gasteiger partial charge in [0, 0.05) is 25.6 Å². The third-order valence-electron chi connectivity index (χ3n) is 4.08. The molecule has 1 unspecified atom stereocenters.